The Labute approximate surface area is 112 Å². The number of aromatic nitrogens is 2. The number of nitrogens with zero attached hydrogens (tertiary/aromatic N) is 3. The molecule has 1 aromatic rings. The van der Waals surface area contributed by atoms with E-state index in [1.165, 1.54) is 4.68 Å². The van der Waals surface area contributed by atoms with Crippen LogP contribution in [0.5, 0.6) is 0 Å². The molecule has 19 heavy (non-hydrogen) atoms. The van der Waals surface area contributed by atoms with Gasteiger partial charge in [0, 0.05) is 32.4 Å². The predicted molar refractivity (Wildman–Crippen MR) is 71.9 cm³/mol. The molecule has 1 aromatic heterocycles. The van der Waals surface area contributed by atoms with E-state index in [1.807, 2.05) is 4.90 Å². The van der Waals surface area contributed by atoms with E-state index in [-0.39, 0.29) is 23.9 Å². The zero-order valence-corrected chi connectivity index (χ0v) is 11.7. The van der Waals surface area contributed by atoms with Gasteiger partial charge < -0.3 is 21.1 Å². The first-order valence-electron chi connectivity index (χ1n) is 6.08. The molecule has 0 spiro atoms. The summed E-state index contributed by atoms with van der Waals surface area (Å²) in [7, 11) is -3.46. The van der Waals surface area contributed by atoms with Crippen LogP contribution >= 0.6 is 0 Å². The van der Waals surface area contributed by atoms with Crippen LogP contribution in [0.4, 0.5) is 11.6 Å². The molecule has 0 unspecified atom stereocenters. The van der Waals surface area contributed by atoms with Crippen molar-refractivity contribution in [2.75, 3.05) is 49.7 Å². The average Bonchev–Trinajstić information content (AvgIpc) is 2.68. The van der Waals surface area contributed by atoms with Gasteiger partial charge in [-0.3, -0.25) is 0 Å². The van der Waals surface area contributed by atoms with Crippen molar-refractivity contribution in [3.05, 3.63) is 0 Å². The third-order valence-electron chi connectivity index (χ3n) is 3.03. The fraction of sp³-hybridized carbons (Fsp3) is 0.700. The van der Waals surface area contributed by atoms with Crippen molar-refractivity contribution in [2.45, 2.75) is 11.4 Å². The molecule has 9 heteroatoms. The van der Waals surface area contributed by atoms with Crippen molar-refractivity contribution >= 4 is 21.5 Å². The lowest BCUT2D eigenvalue weighted by Gasteiger charge is -2.27. The first-order chi connectivity index (χ1) is 8.95. The second-order valence-corrected chi connectivity index (χ2v) is 6.45. The summed E-state index contributed by atoms with van der Waals surface area (Å²) in [6.07, 6.45) is 1.12. The van der Waals surface area contributed by atoms with E-state index in [2.05, 4.69) is 10.4 Å². The molecule has 108 valence electrons. The first kappa shape index (κ1) is 14.1. The summed E-state index contributed by atoms with van der Waals surface area (Å²) in [5.41, 5.74) is 5.85. The van der Waals surface area contributed by atoms with Crippen molar-refractivity contribution in [3.8, 4) is 0 Å². The number of aliphatic hydroxyl groups is 1. The average molecular weight is 289 g/mol. The molecule has 0 bridgehead atoms. The third kappa shape index (κ3) is 2.82. The smallest absolute Gasteiger partial charge is 0.182 e. The molecule has 2 rings (SSSR count). The van der Waals surface area contributed by atoms with Gasteiger partial charge in [0.15, 0.2) is 20.6 Å². The molecule has 2 heterocycles. The second kappa shape index (κ2) is 5.35. The molecule has 0 atom stereocenters. The highest BCUT2D eigenvalue weighted by atomic mass is 32.2. The summed E-state index contributed by atoms with van der Waals surface area (Å²) in [6, 6.07) is 0. The van der Waals surface area contributed by atoms with Crippen molar-refractivity contribution in [1.29, 1.82) is 0 Å². The minimum absolute atomic E-state index is 0.0582. The van der Waals surface area contributed by atoms with Crippen LogP contribution in [-0.2, 0) is 16.4 Å². The van der Waals surface area contributed by atoms with Crippen LogP contribution in [0.3, 0.4) is 0 Å². The van der Waals surface area contributed by atoms with E-state index in [0.717, 1.165) is 19.3 Å². The van der Waals surface area contributed by atoms with Gasteiger partial charge in [-0.05, 0) is 0 Å². The Bertz CT molecular complexity index is 548. The molecule has 0 amide bonds. The largest absolute Gasteiger partial charge is 0.394 e. The van der Waals surface area contributed by atoms with E-state index in [9.17, 15) is 8.42 Å². The lowest BCUT2D eigenvalue weighted by atomic mass is 10.3. The lowest BCUT2D eigenvalue weighted by molar-refractivity contribution is 0.270. The molecule has 4 N–H and O–H groups in total. The third-order valence-corrected chi connectivity index (χ3v) is 4.16. The Kier molecular flexibility index (Phi) is 3.97. The first-order valence-corrected chi connectivity index (χ1v) is 7.97. The van der Waals surface area contributed by atoms with Gasteiger partial charge in [0.2, 0.25) is 0 Å². The molecular formula is C10H19N5O3S. The van der Waals surface area contributed by atoms with Crippen molar-refractivity contribution in [1.82, 2.24) is 15.1 Å². The fourth-order valence-electron chi connectivity index (χ4n) is 2.15. The highest BCUT2D eigenvalue weighted by Gasteiger charge is 2.28. The van der Waals surface area contributed by atoms with Crippen LogP contribution in [-0.4, -0.2) is 62.3 Å². The summed E-state index contributed by atoms with van der Waals surface area (Å²) >= 11 is 0. The van der Waals surface area contributed by atoms with E-state index < -0.39 is 9.84 Å². The number of nitrogen functional groups attached to an aromatic ring is 1. The summed E-state index contributed by atoms with van der Waals surface area (Å²) in [4.78, 5) is 1.96. The van der Waals surface area contributed by atoms with Crippen LogP contribution in [0, 0.1) is 0 Å². The minimum atomic E-state index is -3.46. The van der Waals surface area contributed by atoms with Crippen LogP contribution in [0.1, 0.15) is 0 Å². The van der Waals surface area contributed by atoms with Gasteiger partial charge in [-0.1, -0.05) is 0 Å². The SMILES string of the molecule is CS(=O)(=O)c1c(N2CCNCC2)nn(CCO)c1N. The minimum Gasteiger partial charge on any atom is -0.394 e. The molecular weight excluding hydrogens is 270 g/mol. The van der Waals surface area contributed by atoms with Crippen molar-refractivity contribution < 1.29 is 13.5 Å². The van der Waals surface area contributed by atoms with Gasteiger partial charge in [-0.15, -0.1) is 0 Å². The quantitative estimate of drug-likeness (QED) is 0.603. The number of sulfone groups is 1. The van der Waals surface area contributed by atoms with Gasteiger partial charge >= 0.3 is 0 Å². The van der Waals surface area contributed by atoms with Crippen LogP contribution in [0.15, 0.2) is 4.90 Å². The fourth-order valence-corrected chi connectivity index (χ4v) is 3.14. The molecule has 0 saturated carbocycles. The highest BCUT2D eigenvalue weighted by molar-refractivity contribution is 7.91. The standard InChI is InChI=1S/C10H19N5O3S/c1-19(17,18)8-9(11)15(6-7-16)13-10(8)14-4-2-12-3-5-14/h12,16H,2-7,11H2,1H3. The van der Waals surface area contributed by atoms with Crippen LogP contribution in [0.25, 0.3) is 0 Å². The number of rotatable bonds is 4. The van der Waals surface area contributed by atoms with E-state index in [0.29, 0.717) is 18.9 Å². The number of hydrogen-bond donors (Lipinski definition) is 3. The van der Waals surface area contributed by atoms with Gasteiger partial charge in [-0.25, -0.2) is 13.1 Å². The van der Waals surface area contributed by atoms with Crippen LogP contribution < -0.4 is 16.0 Å². The zero-order chi connectivity index (χ0) is 14.0. The van der Waals surface area contributed by atoms with Gasteiger partial charge in [0.05, 0.1) is 13.2 Å². The lowest BCUT2D eigenvalue weighted by Crippen LogP contribution is -2.44. The molecule has 0 radical (unpaired) electrons. The van der Waals surface area contributed by atoms with Crippen molar-refractivity contribution in [3.63, 3.8) is 0 Å². The number of hydrogen-bond acceptors (Lipinski definition) is 7. The Hall–Kier alpha value is -1.32. The zero-order valence-electron chi connectivity index (χ0n) is 10.8. The molecule has 1 aliphatic heterocycles. The number of nitrogens with one attached hydrogen (secondary N) is 1. The predicted octanol–water partition coefficient (Wildman–Crippen LogP) is -1.73. The number of aliphatic hydroxyl groups excluding tert-OH is 1. The Morgan fingerprint density at radius 3 is 2.58 bits per heavy atom. The summed E-state index contributed by atoms with van der Waals surface area (Å²) in [5.74, 6) is 0.472. The number of piperazine rings is 1. The second-order valence-electron chi connectivity index (χ2n) is 4.49. The maximum Gasteiger partial charge on any atom is 0.182 e. The normalized spacial score (nSPS) is 16.8. The van der Waals surface area contributed by atoms with Gasteiger partial charge in [0.1, 0.15) is 5.82 Å². The molecule has 0 aromatic carbocycles. The topological polar surface area (TPSA) is 113 Å². The molecule has 0 aliphatic carbocycles. The van der Waals surface area contributed by atoms with E-state index in [4.69, 9.17) is 10.8 Å². The van der Waals surface area contributed by atoms with Crippen molar-refractivity contribution in [2.24, 2.45) is 0 Å². The van der Waals surface area contributed by atoms with Crippen LogP contribution in [0.2, 0.25) is 0 Å². The summed E-state index contributed by atoms with van der Waals surface area (Å²) in [5, 5.41) is 16.4. The van der Waals surface area contributed by atoms with E-state index >= 15 is 0 Å². The number of anilines is 2. The summed E-state index contributed by atoms with van der Waals surface area (Å²) in [6.45, 7) is 2.94. The Morgan fingerprint density at radius 2 is 2.05 bits per heavy atom. The molecule has 1 saturated heterocycles. The maximum atomic E-state index is 11.9. The Balaban J connectivity index is 2.48. The van der Waals surface area contributed by atoms with Gasteiger partial charge in [0.25, 0.3) is 0 Å². The van der Waals surface area contributed by atoms with Gasteiger partial charge in [-0.2, -0.15) is 5.10 Å². The van der Waals surface area contributed by atoms with E-state index in [1.54, 1.807) is 0 Å². The molecule has 1 aliphatic rings. The molecule has 8 nitrogen and oxygen atoms in total. The molecule has 1 fully saturated rings. The highest BCUT2D eigenvalue weighted by Crippen LogP contribution is 2.30. The Morgan fingerprint density at radius 1 is 1.42 bits per heavy atom. The summed E-state index contributed by atoms with van der Waals surface area (Å²) < 4.78 is 25.1. The maximum absolute atomic E-state index is 11.9. The number of nitrogens with two attached hydrogens (primary N) is 1. The monoisotopic (exact) mass is 289 g/mol.